The van der Waals surface area contributed by atoms with Crippen molar-refractivity contribution in [3.8, 4) is 11.5 Å². The Kier molecular flexibility index (Phi) is 4.55. The molecule has 0 aromatic heterocycles. The third kappa shape index (κ3) is 2.63. The Hall–Kier alpha value is -1.26. The molecule has 1 aromatic rings. The van der Waals surface area contributed by atoms with Crippen LogP contribution in [0.4, 0.5) is 0 Å². The van der Waals surface area contributed by atoms with E-state index in [4.69, 9.17) is 15.2 Å². The predicted octanol–water partition coefficient (Wildman–Crippen LogP) is 2.19. The van der Waals surface area contributed by atoms with Crippen LogP contribution in [0.15, 0.2) is 12.1 Å². The average Bonchev–Trinajstić information content (AvgIpc) is 2.51. The molecule has 1 aliphatic rings. The number of hydrogen-bond donors (Lipinski definition) is 1. The summed E-state index contributed by atoms with van der Waals surface area (Å²) in [6.45, 7) is 7.11. The fraction of sp³-hybridized carbons (Fsp3) is 0.625. The molecule has 4 nitrogen and oxygen atoms in total. The molecular weight excluding hydrogens is 252 g/mol. The van der Waals surface area contributed by atoms with Crippen LogP contribution in [-0.2, 0) is 13.0 Å². The Morgan fingerprint density at radius 3 is 2.30 bits per heavy atom. The van der Waals surface area contributed by atoms with E-state index in [-0.39, 0.29) is 5.54 Å². The molecule has 0 spiro atoms. The van der Waals surface area contributed by atoms with E-state index in [0.29, 0.717) is 6.54 Å². The Labute approximate surface area is 121 Å². The molecule has 0 saturated carbocycles. The van der Waals surface area contributed by atoms with Crippen LogP contribution in [0.2, 0.25) is 0 Å². The number of ether oxygens (including phenoxy) is 2. The van der Waals surface area contributed by atoms with Gasteiger partial charge < -0.3 is 15.2 Å². The number of methoxy groups -OCH3 is 2. The van der Waals surface area contributed by atoms with Gasteiger partial charge in [-0.05, 0) is 43.0 Å². The fourth-order valence-corrected chi connectivity index (χ4v) is 2.84. The molecule has 112 valence electrons. The van der Waals surface area contributed by atoms with Gasteiger partial charge in [0, 0.05) is 25.2 Å². The van der Waals surface area contributed by atoms with E-state index < -0.39 is 0 Å². The summed E-state index contributed by atoms with van der Waals surface area (Å²) < 4.78 is 10.8. The number of nitrogens with two attached hydrogens (primary N) is 1. The predicted molar refractivity (Wildman–Crippen MR) is 81.4 cm³/mol. The van der Waals surface area contributed by atoms with Gasteiger partial charge in [0.25, 0.3) is 0 Å². The Bertz CT molecular complexity index is 470. The minimum atomic E-state index is 0.0743. The molecule has 2 rings (SSSR count). The highest BCUT2D eigenvalue weighted by Crippen LogP contribution is 2.35. The van der Waals surface area contributed by atoms with Crippen LogP contribution in [0.3, 0.4) is 0 Å². The Morgan fingerprint density at radius 2 is 1.80 bits per heavy atom. The van der Waals surface area contributed by atoms with E-state index >= 15 is 0 Å². The lowest BCUT2D eigenvalue weighted by Crippen LogP contribution is -2.52. The molecule has 0 saturated heterocycles. The molecule has 0 aliphatic carbocycles. The highest BCUT2D eigenvalue weighted by atomic mass is 16.5. The van der Waals surface area contributed by atoms with Crippen molar-refractivity contribution in [1.82, 2.24) is 4.90 Å². The van der Waals surface area contributed by atoms with Crippen LogP contribution >= 0.6 is 0 Å². The van der Waals surface area contributed by atoms with Gasteiger partial charge in [-0.2, -0.15) is 0 Å². The maximum Gasteiger partial charge on any atom is 0.161 e. The summed E-state index contributed by atoms with van der Waals surface area (Å²) in [4.78, 5) is 2.49. The summed E-state index contributed by atoms with van der Waals surface area (Å²) in [5.41, 5.74) is 8.74. The van der Waals surface area contributed by atoms with Crippen molar-refractivity contribution >= 4 is 0 Å². The number of benzene rings is 1. The second-order valence-corrected chi connectivity index (χ2v) is 5.70. The van der Waals surface area contributed by atoms with Crippen molar-refractivity contribution in [2.75, 3.05) is 27.3 Å². The molecule has 2 N–H and O–H groups in total. The van der Waals surface area contributed by atoms with Crippen LogP contribution < -0.4 is 15.2 Å². The van der Waals surface area contributed by atoms with Crippen LogP contribution in [0, 0.1) is 0 Å². The van der Waals surface area contributed by atoms with E-state index in [9.17, 15) is 0 Å². The molecule has 1 aromatic carbocycles. The summed E-state index contributed by atoms with van der Waals surface area (Å²) in [6, 6.07) is 4.21. The van der Waals surface area contributed by atoms with Gasteiger partial charge in [-0.25, -0.2) is 0 Å². The molecule has 4 heteroatoms. The zero-order valence-electron chi connectivity index (χ0n) is 13.0. The van der Waals surface area contributed by atoms with Crippen LogP contribution in [0.25, 0.3) is 0 Å². The van der Waals surface area contributed by atoms with Gasteiger partial charge >= 0.3 is 0 Å². The van der Waals surface area contributed by atoms with Gasteiger partial charge in [-0.3, -0.25) is 4.90 Å². The highest BCUT2D eigenvalue weighted by Gasteiger charge is 2.31. The van der Waals surface area contributed by atoms with E-state index in [1.165, 1.54) is 11.1 Å². The third-order valence-electron chi connectivity index (χ3n) is 4.68. The lowest BCUT2D eigenvalue weighted by molar-refractivity contribution is 0.0909. The summed E-state index contributed by atoms with van der Waals surface area (Å²) in [7, 11) is 3.36. The summed E-state index contributed by atoms with van der Waals surface area (Å²) >= 11 is 0. The molecule has 1 aliphatic heterocycles. The summed E-state index contributed by atoms with van der Waals surface area (Å²) in [6.07, 6.45) is 2.09. The van der Waals surface area contributed by atoms with E-state index in [1.807, 2.05) is 0 Å². The standard InChI is InChI=1S/C16H26N2O2/c1-5-16(2,11-17)18-7-6-12-8-14(19-3)15(20-4)9-13(12)10-18/h8-9H,5-7,10-11,17H2,1-4H3. The van der Waals surface area contributed by atoms with Crippen molar-refractivity contribution < 1.29 is 9.47 Å². The first-order valence-electron chi connectivity index (χ1n) is 7.27. The van der Waals surface area contributed by atoms with E-state index in [0.717, 1.165) is 37.4 Å². The van der Waals surface area contributed by atoms with Gasteiger partial charge in [-0.15, -0.1) is 0 Å². The largest absolute Gasteiger partial charge is 0.493 e. The van der Waals surface area contributed by atoms with Crippen molar-refractivity contribution in [3.63, 3.8) is 0 Å². The van der Waals surface area contributed by atoms with E-state index in [1.54, 1.807) is 14.2 Å². The van der Waals surface area contributed by atoms with E-state index in [2.05, 4.69) is 30.9 Å². The van der Waals surface area contributed by atoms with Crippen LogP contribution in [0.5, 0.6) is 11.5 Å². The normalized spacial score (nSPS) is 18.2. The van der Waals surface area contributed by atoms with Crippen molar-refractivity contribution in [3.05, 3.63) is 23.3 Å². The minimum Gasteiger partial charge on any atom is -0.493 e. The smallest absolute Gasteiger partial charge is 0.161 e. The van der Waals surface area contributed by atoms with Crippen LogP contribution in [-0.4, -0.2) is 37.7 Å². The lowest BCUT2D eigenvalue weighted by atomic mass is 9.90. The number of hydrogen-bond acceptors (Lipinski definition) is 4. The van der Waals surface area contributed by atoms with Gasteiger partial charge in [0.1, 0.15) is 0 Å². The molecule has 1 unspecified atom stereocenters. The average molecular weight is 278 g/mol. The van der Waals surface area contributed by atoms with Gasteiger partial charge in [0.05, 0.1) is 14.2 Å². The zero-order chi connectivity index (χ0) is 14.8. The number of nitrogens with zero attached hydrogens (tertiary/aromatic N) is 1. The Balaban J connectivity index is 2.30. The second-order valence-electron chi connectivity index (χ2n) is 5.70. The fourth-order valence-electron chi connectivity index (χ4n) is 2.84. The molecule has 0 fully saturated rings. The third-order valence-corrected chi connectivity index (χ3v) is 4.68. The quantitative estimate of drug-likeness (QED) is 0.897. The molecule has 1 heterocycles. The van der Waals surface area contributed by atoms with Gasteiger partial charge in [0.2, 0.25) is 0 Å². The monoisotopic (exact) mass is 278 g/mol. The molecular formula is C16H26N2O2. The topological polar surface area (TPSA) is 47.7 Å². The highest BCUT2D eigenvalue weighted by molar-refractivity contribution is 5.48. The molecule has 1 atom stereocenters. The minimum absolute atomic E-state index is 0.0743. The van der Waals surface area contributed by atoms with Gasteiger partial charge in [-0.1, -0.05) is 6.92 Å². The van der Waals surface area contributed by atoms with Crippen LogP contribution in [0.1, 0.15) is 31.4 Å². The number of fused-ring (bicyclic) bond motifs is 1. The maximum atomic E-state index is 5.98. The summed E-state index contributed by atoms with van der Waals surface area (Å²) in [5, 5.41) is 0. The van der Waals surface area contributed by atoms with Crippen molar-refractivity contribution in [2.45, 2.75) is 38.8 Å². The first kappa shape index (κ1) is 15.1. The molecule has 0 radical (unpaired) electrons. The molecule has 0 amide bonds. The lowest BCUT2D eigenvalue weighted by Gasteiger charge is -2.43. The summed E-state index contributed by atoms with van der Waals surface area (Å²) in [5.74, 6) is 1.62. The first-order chi connectivity index (χ1) is 9.57. The van der Waals surface area contributed by atoms with Crippen molar-refractivity contribution in [1.29, 1.82) is 0 Å². The van der Waals surface area contributed by atoms with Crippen molar-refractivity contribution in [2.24, 2.45) is 5.73 Å². The molecule has 20 heavy (non-hydrogen) atoms. The first-order valence-corrected chi connectivity index (χ1v) is 7.27. The zero-order valence-corrected chi connectivity index (χ0v) is 13.0. The number of rotatable bonds is 5. The maximum absolute atomic E-state index is 5.98. The second kappa shape index (κ2) is 6.02. The van der Waals surface area contributed by atoms with Gasteiger partial charge in [0.15, 0.2) is 11.5 Å². The molecule has 0 bridgehead atoms. The Morgan fingerprint density at radius 1 is 1.20 bits per heavy atom. The SMILES string of the molecule is CCC(C)(CN)N1CCc2cc(OC)c(OC)cc2C1.